The van der Waals surface area contributed by atoms with E-state index in [1.807, 2.05) is 31.1 Å². The summed E-state index contributed by atoms with van der Waals surface area (Å²) in [5.41, 5.74) is 0. The first-order valence-corrected chi connectivity index (χ1v) is 26.3. The Morgan fingerprint density at radius 3 is 1.33 bits per heavy atom. The minimum atomic E-state index is -0.782. The number of aliphatic hydroxyl groups excluding tert-OH is 2. The first-order valence-electron chi connectivity index (χ1n) is 26.3. The second-order valence-electron chi connectivity index (χ2n) is 18.2. The Kier molecular flexibility index (Phi) is 46.6. The highest BCUT2D eigenvalue weighted by atomic mass is 16.6. The topological polar surface area (TPSA) is 207 Å². The van der Waals surface area contributed by atoms with Crippen LogP contribution in [0.15, 0.2) is 24.3 Å². The number of nitrogens with one attached hydrogen (secondary N) is 2. The molecule has 0 heterocycles. The number of nitrogens with zero attached hydrogens (tertiary/aromatic N) is 1. The zero-order valence-corrected chi connectivity index (χ0v) is 43.1. The third kappa shape index (κ3) is 43.9. The van der Waals surface area contributed by atoms with Crippen molar-refractivity contribution in [2.45, 2.75) is 238 Å². The summed E-state index contributed by atoms with van der Waals surface area (Å²) in [5, 5.41) is 27.3. The Balaban J connectivity index is 0. The van der Waals surface area contributed by atoms with Crippen LogP contribution in [0.5, 0.6) is 0 Å². The number of methoxy groups -OCH3 is 1. The van der Waals surface area contributed by atoms with Crippen LogP contribution in [-0.2, 0) is 47.7 Å². The van der Waals surface area contributed by atoms with Crippen molar-refractivity contribution in [2.24, 2.45) is 0 Å². The highest BCUT2D eigenvalue weighted by Gasteiger charge is 2.24. The van der Waals surface area contributed by atoms with Crippen molar-refractivity contribution in [3.05, 3.63) is 24.3 Å². The molecule has 69 heavy (non-hydrogen) atoms. The van der Waals surface area contributed by atoms with Crippen LogP contribution in [0, 0.1) is 0 Å². The minimum Gasteiger partial charge on any atom is -0.469 e. The van der Waals surface area contributed by atoms with Gasteiger partial charge in [-0.3, -0.25) is 28.8 Å². The molecular weight excluding hydrogens is 883 g/mol. The molecule has 0 aliphatic carbocycles. The van der Waals surface area contributed by atoms with Crippen LogP contribution in [0.3, 0.4) is 0 Å². The van der Waals surface area contributed by atoms with Crippen LogP contribution in [0.25, 0.3) is 0 Å². The molecule has 0 bridgehead atoms. The van der Waals surface area contributed by atoms with E-state index in [0.717, 1.165) is 116 Å². The van der Waals surface area contributed by atoms with Crippen LogP contribution < -0.4 is 10.6 Å². The Morgan fingerprint density at radius 2 is 0.913 bits per heavy atom. The molecule has 0 aliphatic rings. The molecule has 0 saturated heterocycles. The molecule has 15 nitrogen and oxygen atoms in total. The van der Waals surface area contributed by atoms with Gasteiger partial charge in [0.25, 0.3) is 0 Å². The molecule has 402 valence electrons. The summed E-state index contributed by atoms with van der Waals surface area (Å²) < 4.78 is 21.0. The maximum absolute atomic E-state index is 12.5. The summed E-state index contributed by atoms with van der Waals surface area (Å²) >= 11 is 0. The lowest BCUT2D eigenvalue weighted by molar-refractivity contribution is -0.157. The van der Waals surface area contributed by atoms with Crippen LogP contribution in [0.4, 0.5) is 0 Å². The van der Waals surface area contributed by atoms with Crippen molar-refractivity contribution in [1.29, 1.82) is 0 Å². The zero-order chi connectivity index (χ0) is 50.5. The third-order valence-electron chi connectivity index (χ3n) is 11.6. The molecule has 0 saturated carbocycles. The number of unbranched alkanes of at least 4 members (excludes halogenated alkanes) is 14. The van der Waals surface area contributed by atoms with E-state index < -0.39 is 36.4 Å². The molecule has 15 heteroatoms. The monoisotopic (exact) mass is 982 g/mol. The molecule has 4 atom stereocenters. The van der Waals surface area contributed by atoms with Gasteiger partial charge in [-0.05, 0) is 104 Å². The first-order chi connectivity index (χ1) is 32.8. The summed E-state index contributed by atoms with van der Waals surface area (Å²) in [5.74, 6) is -1.49. The van der Waals surface area contributed by atoms with Gasteiger partial charge in [0, 0.05) is 58.2 Å². The normalized spacial score (nSPS) is 13.1. The molecule has 0 aromatic rings. The molecule has 0 radical (unpaired) electrons. The number of carbonyl (C=O) groups is 6. The minimum absolute atomic E-state index is 0. The number of esters is 4. The maximum Gasteiger partial charge on any atom is 0.306 e. The molecule has 0 spiro atoms. The summed E-state index contributed by atoms with van der Waals surface area (Å²) in [4.78, 5) is 74.4. The average molecular weight is 982 g/mol. The highest BCUT2D eigenvalue weighted by Crippen LogP contribution is 2.18. The number of hydrogen-bond acceptors (Lipinski definition) is 13. The fraction of sp³-hybridized carbons (Fsp3) is 0.815. The summed E-state index contributed by atoms with van der Waals surface area (Å²) in [6, 6.07) is 0. The number of allylic oxidation sites excluding steroid dienone is 2. The van der Waals surface area contributed by atoms with Gasteiger partial charge in [0.1, 0.15) is 18.8 Å². The quantitative estimate of drug-likeness (QED) is 0.0194. The molecule has 4 N–H and O–H groups in total. The molecule has 0 rings (SSSR count). The van der Waals surface area contributed by atoms with Crippen molar-refractivity contribution in [2.75, 3.05) is 47.4 Å². The number of amides is 2. The summed E-state index contributed by atoms with van der Waals surface area (Å²) in [6.07, 6.45) is 26.9. The van der Waals surface area contributed by atoms with E-state index in [-0.39, 0.29) is 56.9 Å². The zero-order valence-electron chi connectivity index (χ0n) is 43.1. The average Bonchev–Trinajstić information content (AvgIpc) is 3.30. The van der Waals surface area contributed by atoms with Gasteiger partial charge < -0.3 is 44.7 Å². The van der Waals surface area contributed by atoms with Crippen LogP contribution in [-0.4, -0.2) is 123 Å². The van der Waals surface area contributed by atoms with Crippen LogP contribution >= 0.6 is 0 Å². The molecular formula is C54H99N3O12. The Morgan fingerprint density at radius 1 is 0.507 bits per heavy atom. The number of ether oxygens (including phenoxy) is 4. The van der Waals surface area contributed by atoms with Crippen molar-refractivity contribution in [1.82, 2.24) is 15.5 Å². The Bertz CT molecular complexity index is 1370. The van der Waals surface area contributed by atoms with Crippen molar-refractivity contribution in [3.8, 4) is 0 Å². The van der Waals surface area contributed by atoms with Gasteiger partial charge in [0.15, 0.2) is 0 Å². The van der Waals surface area contributed by atoms with Crippen molar-refractivity contribution < 1.29 is 57.9 Å². The predicted octanol–water partition coefficient (Wildman–Crippen LogP) is 9.53. The van der Waals surface area contributed by atoms with Gasteiger partial charge in [0.2, 0.25) is 11.8 Å². The summed E-state index contributed by atoms with van der Waals surface area (Å²) in [6.45, 7) is 5.99. The van der Waals surface area contributed by atoms with E-state index >= 15 is 0 Å². The number of hydrogen-bond donors (Lipinski definition) is 4. The molecule has 2 amide bonds. The Hall–Kier alpha value is -3.82. The molecule has 4 unspecified atom stereocenters. The van der Waals surface area contributed by atoms with Crippen LogP contribution in [0.2, 0.25) is 0 Å². The standard InChI is InChI=1S/C53H95N3O12.CH4/c1-6-8-22-32-46(67-52(63)38-28-36-50(61)65-5)44(57)30-24-18-14-10-12-16-20-26-34-48(59)54-40-41-55-49(60)35-27-21-17-13-11-15-19-25-31-45(58)47(33-23-9-7-2)68-53(64)39-29-37-51(62)66-43-42-56(3)4;/h18-19,24-25,44-47,57-58H,6-17,20-23,26-43H2,1-5H3,(H,54,59)(H,55,60);1H4/b24-18-,25-19-;. The van der Waals surface area contributed by atoms with E-state index in [1.54, 1.807) is 0 Å². The van der Waals surface area contributed by atoms with Gasteiger partial charge in [-0.15, -0.1) is 0 Å². The predicted molar refractivity (Wildman–Crippen MR) is 274 cm³/mol. The Labute approximate surface area is 418 Å². The van der Waals surface area contributed by atoms with Gasteiger partial charge in [-0.1, -0.05) is 110 Å². The van der Waals surface area contributed by atoms with Gasteiger partial charge in [-0.2, -0.15) is 0 Å². The largest absolute Gasteiger partial charge is 0.469 e. The lowest BCUT2D eigenvalue weighted by Gasteiger charge is -2.22. The molecule has 0 fully saturated rings. The van der Waals surface area contributed by atoms with E-state index in [0.29, 0.717) is 77.6 Å². The SMILES string of the molecule is C.CCCCCC(OC(=O)CCCC(=O)OC)C(O)C/C=C\CCCCCCCC(=O)NCCNC(=O)CCCCCCC/C=C\CC(O)C(CCCCC)OC(=O)CCCC(=O)OCCN(C)C. The highest BCUT2D eigenvalue weighted by molar-refractivity contribution is 5.77. The second kappa shape index (κ2) is 47.8. The van der Waals surface area contributed by atoms with Gasteiger partial charge in [-0.25, -0.2) is 0 Å². The van der Waals surface area contributed by atoms with Crippen LogP contribution in [0.1, 0.15) is 214 Å². The lowest BCUT2D eigenvalue weighted by atomic mass is 10.0. The molecule has 0 aromatic carbocycles. The number of aliphatic hydroxyl groups is 2. The first kappa shape index (κ1) is 67.3. The van der Waals surface area contributed by atoms with E-state index in [1.165, 1.54) is 7.11 Å². The van der Waals surface area contributed by atoms with E-state index in [9.17, 15) is 39.0 Å². The fourth-order valence-corrected chi connectivity index (χ4v) is 7.32. The van der Waals surface area contributed by atoms with E-state index in [4.69, 9.17) is 14.2 Å². The van der Waals surface area contributed by atoms with Gasteiger partial charge in [0.05, 0.1) is 19.3 Å². The number of carbonyl (C=O) groups excluding carboxylic acids is 6. The number of likely N-dealkylation sites (N-methyl/N-ethyl adjacent to an activating group) is 1. The van der Waals surface area contributed by atoms with E-state index in [2.05, 4.69) is 41.4 Å². The second-order valence-corrected chi connectivity index (χ2v) is 18.2. The van der Waals surface area contributed by atoms with Crippen molar-refractivity contribution in [3.63, 3.8) is 0 Å². The molecule has 0 aromatic heterocycles. The maximum atomic E-state index is 12.5. The lowest BCUT2D eigenvalue weighted by Crippen LogP contribution is -2.34. The summed E-state index contributed by atoms with van der Waals surface area (Å²) in [7, 11) is 5.12. The smallest absolute Gasteiger partial charge is 0.306 e. The van der Waals surface area contributed by atoms with Crippen molar-refractivity contribution >= 4 is 35.7 Å². The fourth-order valence-electron chi connectivity index (χ4n) is 7.32. The number of rotatable bonds is 46. The molecule has 0 aliphatic heterocycles. The van der Waals surface area contributed by atoms with Gasteiger partial charge >= 0.3 is 23.9 Å². The third-order valence-corrected chi connectivity index (χ3v) is 11.6.